The van der Waals surface area contributed by atoms with Gasteiger partial charge in [0.05, 0.1) is 12.9 Å². The number of methoxy groups -OCH3 is 1. The van der Waals surface area contributed by atoms with Crippen LogP contribution in [0.1, 0.15) is 15.2 Å². The third kappa shape index (κ3) is 6.02. The molecule has 208 valence electrons. The lowest BCUT2D eigenvalue weighted by molar-refractivity contribution is -0.113. The summed E-state index contributed by atoms with van der Waals surface area (Å²) in [5.41, 5.74) is 4.59. The number of allylic oxidation sites excluding steroid dienone is 1. The molecule has 41 heavy (non-hydrogen) atoms. The molecule has 0 unspecified atom stereocenters. The fourth-order valence-electron chi connectivity index (χ4n) is 4.36. The van der Waals surface area contributed by atoms with Gasteiger partial charge >= 0.3 is 5.97 Å². The van der Waals surface area contributed by atoms with Crippen molar-refractivity contribution < 1.29 is 18.7 Å². The van der Waals surface area contributed by atoms with Gasteiger partial charge in [0.15, 0.2) is 11.0 Å². The molecule has 0 fully saturated rings. The van der Waals surface area contributed by atoms with Crippen LogP contribution in [0.2, 0.25) is 0 Å². The summed E-state index contributed by atoms with van der Waals surface area (Å²) in [6, 6.07) is 15.9. The molecule has 3 aromatic heterocycles. The van der Waals surface area contributed by atoms with E-state index < -0.39 is 5.97 Å². The summed E-state index contributed by atoms with van der Waals surface area (Å²) in [4.78, 5) is 26.8. The van der Waals surface area contributed by atoms with Gasteiger partial charge in [0.2, 0.25) is 5.91 Å². The molecule has 1 N–H and O–H groups in total. The van der Waals surface area contributed by atoms with Crippen LogP contribution in [0.15, 0.2) is 83.2 Å². The van der Waals surface area contributed by atoms with Crippen molar-refractivity contribution in [1.29, 1.82) is 0 Å². The number of ether oxygens (including phenoxy) is 1. The SMILES string of the molecule is C=CCn1c(SCC(=O)Nc2scc(-c3ccc(F)cc3)c2C(=O)OC)nnc1-c1csc(C)c1-c1ccccc1. The molecular weight excluding hydrogens is 580 g/mol. The van der Waals surface area contributed by atoms with Crippen molar-refractivity contribution >= 4 is 51.3 Å². The monoisotopic (exact) mass is 604 g/mol. The van der Waals surface area contributed by atoms with E-state index in [4.69, 9.17) is 4.74 Å². The van der Waals surface area contributed by atoms with E-state index in [1.165, 1.54) is 47.2 Å². The van der Waals surface area contributed by atoms with E-state index in [0.717, 1.165) is 16.7 Å². The molecule has 0 radical (unpaired) electrons. The minimum absolute atomic E-state index is 0.0356. The molecular formula is C30H25FN4O3S3. The predicted molar refractivity (Wildman–Crippen MR) is 164 cm³/mol. The fourth-order valence-corrected chi connectivity index (χ4v) is 6.95. The van der Waals surface area contributed by atoms with E-state index in [9.17, 15) is 14.0 Å². The van der Waals surface area contributed by atoms with Crippen LogP contribution >= 0.6 is 34.4 Å². The van der Waals surface area contributed by atoms with E-state index in [1.54, 1.807) is 34.9 Å². The minimum atomic E-state index is -0.593. The number of aromatic nitrogens is 3. The number of nitrogens with zero attached hydrogens (tertiary/aromatic N) is 3. The van der Waals surface area contributed by atoms with Crippen molar-refractivity contribution in [3.8, 4) is 33.6 Å². The van der Waals surface area contributed by atoms with Crippen LogP contribution in [0, 0.1) is 12.7 Å². The van der Waals surface area contributed by atoms with Crippen molar-refractivity contribution in [2.45, 2.75) is 18.6 Å². The highest BCUT2D eigenvalue weighted by atomic mass is 32.2. The van der Waals surface area contributed by atoms with Gasteiger partial charge in [-0.3, -0.25) is 9.36 Å². The number of hydrogen-bond donors (Lipinski definition) is 1. The Morgan fingerprint density at radius 3 is 2.49 bits per heavy atom. The number of thioether (sulfide) groups is 1. The molecule has 0 aliphatic rings. The summed E-state index contributed by atoms with van der Waals surface area (Å²) < 4.78 is 20.3. The number of rotatable bonds is 10. The Kier molecular flexibility index (Phi) is 8.77. The molecule has 5 aromatic rings. The summed E-state index contributed by atoms with van der Waals surface area (Å²) in [5.74, 6) is -0.561. The zero-order valence-corrected chi connectivity index (χ0v) is 24.7. The maximum absolute atomic E-state index is 13.4. The molecule has 0 aliphatic heterocycles. The Morgan fingerprint density at radius 2 is 1.78 bits per heavy atom. The van der Waals surface area contributed by atoms with Crippen molar-refractivity contribution in [1.82, 2.24) is 14.8 Å². The topological polar surface area (TPSA) is 86.1 Å². The van der Waals surface area contributed by atoms with Crippen LogP contribution in [0.4, 0.5) is 9.39 Å². The maximum atomic E-state index is 13.4. The third-order valence-corrected chi connectivity index (χ3v) is 9.00. The molecule has 7 nitrogen and oxygen atoms in total. The number of carbonyl (C=O) groups is 2. The molecule has 0 bridgehead atoms. The molecule has 0 saturated carbocycles. The number of hydrogen-bond acceptors (Lipinski definition) is 8. The van der Waals surface area contributed by atoms with Crippen molar-refractivity contribution in [3.05, 3.63) is 94.3 Å². The summed E-state index contributed by atoms with van der Waals surface area (Å²) in [5, 5.41) is 16.5. The second kappa shape index (κ2) is 12.6. The third-order valence-electron chi connectivity index (χ3n) is 6.23. The average Bonchev–Trinajstić information content (AvgIpc) is 3.69. The first-order chi connectivity index (χ1) is 19.9. The minimum Gasteiger partial charge on any atom is -0.465 e. The second-order valence-electron chi connectivity index (χ2n) is 8.84. The number of thiophene rings is 2. The van der Waals surface area contributed by atoms with Gasteiger partial charge in [-0.15, -0.1) is 39.4 Å². The highest BCUT2D eigenvalue weighted by Gasteiger charge is 2.24. The average molecular weight is 605 g/mol. The van der Waals surface area contributed by atoms with Gasteiger partial charge in [0.1, 0.15) is 16.4 Å². The molecule has 0 saturated heterocycles. The first-order valence-electron chi connectivity index (χ1n) is 12.5. The number of carbonyl (C=O) groups excluding carboxylic acids is 2. The molecule has 0 spiro atoms. The largest absolute Gasteiger partial charge is 0.465 e. The fraction of sp³-hybridized carbons (Fsp3) is 0.133. The van der Waals surface area contributed by atoms with E-state index in [0.29, 0.717) is 33.7 Å². The van der Waals surface area contributed by atoms with E-state index in [1.807, 2.05) is 22.8 Å². The maximum Gasteiger partial charge on any atom is 0.341 e. The van der Waals surface area contributed by atoms with E-state index in [-0.39, 0.29) is 23.0 Å². The van der Waals surface area contributed by atoms with E-state index in [2.05, 4.69) is 46.5 Å². The van der Waals surface area contributed by atoms with Gasteiger partial charge in [-0.2, -0.15) is 0 Å². The predicted octanol–water partition coefficient (Wildman–Crippen LogP) is 7.55. The summed E-state index contributed by atoms with van der Waals surface area (Å²) in [7, 11) is 1.28. The van der Waals surface area contributed by atoms with Crippen LogP contribution in [-0.4, -0.2) is 39.5 Å². The lowest BCUT2D eigenvalue weighted by Gasteiger charge is -2.10. The molecule has 0 atom stereocenters. The molecule has 11 heteroatoms. The van der Waals surface area contributed by atoms with Crippen molar-refractivity contribution in [3.63, 3.8) is 0 Å². The summed E-state index contributed by atoms with van der Waals surface area (Å²) in [6.45, 7) is 6.44. The van der Waals surface area contributed by atoms with Gasteiger partial charge in [0.25, 0.3) is 0 Å². The smallest absolute Gasteiger partial charge is 0.341 e. The number of nitrogens with one attached hydrogen (secondary N) is 1. The number of aryl methyl sites for hydroxylation is 1. The molecule has 3 heterocycles. The zero-order chi connectivity index (χ0) is 28.9. The molecule has 5 rings (SSSR count). The Bertz CT molecular complexity index is 1710. The second-order valence-corrected chi connectivity index (χ2v) is 11.7. The van der Waals surface area contributed by atoms with Crippen LogP contribution in [0.25, 0.3) is 33.6 Å². The van der Waals surface area contributed by atoms with Gasteiger partial charge in [-0.1, -0.05) is 60.3 Å². The number of amides is 1. The standard InChI is InChI=1S/C30H25FN4O3S3/c1-4-14-35-27(23-16-39-18(2)25(23)20-8-6-5-7-9-20)33-34-30(35)41-17-24(36)32-28-26(29(37)38-3)22(15-40-28)19-10-12-21(31)13-11-19/h4-13,15-16H,1,14,17H2,2-3H3,(H,32,36). The van der Waals surface area contributed by atoms with Gasteiger partial charge in [-0.25, -0.2) is 9.18 Å². The van der Waals surface area contributed by atoms with Gasteiger partial charge in [0, 0.05) is 38.9 Å². The number of esters is 1. The Morgan fingerprint density at radius 1 is 1.05 bits per heavy atom. The first kappa shape index (κ1) is 28.5. The molecule has 1 amide bonds. The number of halogens is 1. The van der Waals surface area contributed by atoms with Crippen LogP contribution in [0.5, 0.6) is 0 Å². The summed E-state index contributed by atoms with van der Waals surface area (Å²) in [6.07, 6.45) is 1.77. The van der Waals surface area contributed by atoms with Gasteiger partial charge < -0.3 is 10.1 Å². The van der Waals surface area contributed by atoms with Crippen molar-refractivity contribution in [2.24, 2.45) is 0 Å². The van der Waals surface area contributed by atoms with Crippen LogP contribution in [-0.2, 0) is 16.1 Å². The zero-order valence-electron chi connectivity index (χ0n) is 22.2. The highest BCUT2D eigenvalue weighted by Crippen LogP contribution is 2.39. The molecule has 0 aliphatic carbocycles. The van der Waals surface area contributed by atoms with Crippen LogP contribution < -0.4 is 5.32 Å². The molecule has 2 aromatic carbocycles. The van der Waals surface area contributed by atoms with Crippen molar-refractivity contribution in [2.75, 3.05) is 18.2 Å². The Labute approximate surface area is 248 Å². The lowest BCUT2D eigenvalue weighted by atomic mass is 10.0. The lowest BCUT2D eigenvalue weighted by Crippen LogP contribution is -2.16. The van der Waals surface area contributed by atoms with Gasteiger partial charge in [-0.05, 0) is 30.2 Å². The Hall–Kier alpha value is -4.06. The first-order valence-corrected chi connectivity index (χ1v) is 15.2. The highest BCUT2D eigenvalue weighted by molar-refractivity contribution is 7.99. The Balaban J connectivity index is 1.37. The normalized spacial score (nSPS) is 10.9. The number of anilines is 1. The van der Waals surface area contributed by atoms with E-state index >= 15 is 0 Å². The summed E-state index contributed by atoms with van der Waals surface area (Å²) >= 11 is 4.09. The van der Waals surface area contributed by atoms with Crippen LogP contribution in [0.3, 0.4) is 0 Å². The quantitative estimate of drug-likeness (QED) is 0.101. The number of benzene rings is 2.